The largest absolute Gasteiger partial charge is 0.111 e. The Labute approximate surface area is 127 Å². The van der Waals surface area contributed by atoms with Gasteiger partial charge < -0.3 is 0 Å². The van der Waals surface area contributed by atoms with Gasteiger partial charge in [-0.1, -0.05) is 68.0 Å². The molecule has 0 spiro atoms. The molecule has 2 heteroatoms. The van der Waals surface area contributed by atoms with Crippen LogP contribution in [-0.2, 0) is 6.42 Å². The fourth-order valence-electron chi connectivity index (χ4n) is 1.89. The lowest BCUT2D eigenvalue weighted by Crippen LogP contribution is -2.08. The number of thioether (sulfide) groups is 1. The highest BCUT2D eigenvalue weighted by molar-refractivity contribution is 8.23. The van der Waals surface area contributed by atoms with E-state index in [9.17, 15) is 0 Å². The predicted octanol–water partition coefficient (Wildman–Crippen LogP) is 5.81. The van der Waals surface area contributed by atoms with Crippen molar-refractivity contribution in [3.05, 3.63) is 48.0 Å². The first-order valence-electron chi connectivity index (χ1n) is 7.02. The summed E-state index contributed by atoms with van der Waals surface area (Å²) in [5.74, 6) is 0. The number of thiocarbonyl (C=S) groups is 1. The number of unbranched alkanes of at least 4 members (excludes halogenated alkanes) is 1. The summed E-state index contributed by atoms with van der Waals surface area (Å²) in [5.41, 5.74) is 2.63. The highest BCUT2D eigenvalue weighted by Gasteiger charge is 2.13. The van der Waals surface area contributed by atoms with Crippen molar-refractivity contribution in [1.82, 2.24) is 0 Å². The molecule has 1 aromatic rings. The summed E-state index contributed by atoms with van der Waals surface area (Å²) >= 11 is 7.31. The molecule has 0 radical (unpaired) electrons. The molecule has 0 N–H and O–H groups in total. The molecule has 0 saturated carbocycles. The molecule has 0 heterocycles. The standard InChI is InChI=1S/C17H24S2/c1-4-5-11-17(18)19-16(14(2)3)13-12-15-9-7-6-8-10-15/h6-10,16H,2,4-5,11-13H2,1,3H3. The quantitative estimate of drug-likeness (QED) is 0.438. The zero-order valence-electron chi connectivity index (χ0n) is 12.0. The van der Waals surface area contributed by atoms with Gasteiger partial charge in [0, 0.05) is 9.45 Å². The molecule has 1 aromatic carbocycles. The van der Waals surface area contributed by atoms with Gasteiger partial charge in [-0.05, 0) is 38.2 Å². The molecule has 104 valence electrons. The number of hydrogen-bond donors (Lipinski definition) is 0. The van der Waals surface area contributed by atoms with E-state index in [4.69, 9.17) is 12.2 Å². The van der Waals surface area contributed by atoms with Crippen LogP contribution in [0.1, 0.15) is 45.1 Å². The van der Waals surface area contributed by atoms with E-state index in [1.165, 1.54) is 24.0 Å². The molecule has 0 aliphatic heterocycles. The lowest BCUT2D eigenvalue weighted by molar-refractivity contribution is 0.828. The molecule has 19 heavy (non-hydrogen) atoms. The summed E-state index contributed by atoms with van der Waals surface area (Å²) in [5, 5.41) is 0.463. The second kappa shape index (κ2) is 9.33. The molecule has 0 saturated heterocycles. The second-order valence-corrected chi connectivity index (χ2v) is 7.00. The van der Waals surface area contributed by atoms with E-state index < -0.39 is 0 Å². The van der Waals surface area contributed by atoms with Crippen molar-refractivity contribution in [2.75, 3.05) is 0 Å². The van der Waals surface area contributed by atoms with Crippen LogP contribution in [0.15, 0.2) is 42.5 Å². The normalized spacial score (nSPS) is 12.1. The minimum atomic E-state index is 0.463. The van der Waals surface area contributed by atoms with E-state index >= 15 is 0 Å². The third-order valence-electron chi connectivity index (χ3n) is 3.10. The Morgan fingerprint density at radius 3 is 2.58 bits per heavy atom. The Balaban J connectivity index is 2.45. The lowest BCUT2D eigenvalue weighted by atomic mass is 10.1. The zero-order chi connectivity index (χ0) is 14.1. The van der Waals surface area contributed by atoms with E-state index in [0.717, 1.165) is 23.5 Å². The van der Waals surface area contributed by atoms with Crippen molar-refractivity contribution < 1.29 is 0 Å². The molecule has 0 nitrogen and oxygen atoms in total. The molecular formula is C17H24S2. The number of rotatable bonds is 8. The van der Waals surface area contributed by atoms with Crippen LogP contribution in [0, 0.1) is 0 Å². The molecule has 0 aliphatic carbocycles. The van der Waals surface area contributed by atoms with Crippen molar-refractivity contribution in [2.24, 2.45) is 0 Å². The summed E-state index contributed by atoms with van der Waals surface area (Å²) < 4.78 is 1.14. The molecule has 0 fully saturated rings. The van der Waals surface area contributed by atoms with Gasteiger partial charge in [0.25, 0.3) is 0 Å². The highest BCUT2D eigenvalue weighted by Crippen LogP contribution is 2.26. The fraction of sp³-hybridized carbons (Fsp3) is 0.471. The Morgan fingerprint density at radius 2 is 2.00 bits per heavy atom. The maximum Gasteiger partial charge on any atom is 0.0484 e. The van der Waals surface area contributed by atoms with Crippen LogP contribution in [0.4, 0.5) is 0 Å². The van der Waals surface area contributed by atoms with Crippen LogP contribution >= 0.6 is 24.0 Å². The van der Waals surface area contributed by atoms with Gasteiger partial charge in [-0.15, -0.1) is 11.8 Å². The highest BCUT2D eigenvalue weighted by atomic mass is 32.2. The van der Waals surface area contributed by atoms with Gasteiger partial charge in [0.1, 0.15) is 0 Å². The van der Waals surface area contributed by atoms with Crippen LogP contribution in [0.2, 0.25) is 0 Å². The first kappa shape index (κ1) is 16.5. The van der Waals surface area contributed by atoms with E-state index in [-0.39, 0.29) is 0 Å². The van der Waals surface area contributed by atoms with Crippen LogP contribution in [0.3, 0.4) is 0 Å². The monoisotopic (exact) mass is 292 g/mol. The SMILES string of the molecule is C=C(C)C(CCc1ccccc1)SC(=S)CCCC. The van der Waals surface area contributed by atoms with Crippen LogP contribution in [-0.4, -0.2) is 9.45 Å². The van der Waals surface area contributed by atoms with Crippen molar-refractivity contribution in [3.63, 3.8) is 0 Å². The Hall–Kier alpha value is -0.600. The molecule has 1 atom stereocenters. The van der Waals surface area contributed by atoms with Crippen LogP contribution in [0.5, 0.6) is 0 Å². The Kier molecular flexibility index (Phi) is 8.08. The van der Waals surface area contributed by atoms with Gasteiger partial charge in [0.15, 0.2) is 0 Å². The third kappa shape index (κ3) is 6.93. The third-order valence-corrected chi connectivity index (χ3v) is 4.98. The first-order valence-corrected chi connectivity index (χ1v) is 8.31. The van der Waals surface area contributed by atoms with E-state index in [0.29, 0.717) is 5.25 Å². The summed E-state index contributed by atoms with van der Waals surface area (Å²) in [4.78, 5) is 0. The fourth-order valence-corrected chi connectivity index (χ4v) is 3.40. The van der Waals surface area contributed by atoms with Crippen LogP contribution in [0.25, 0.3) is 0 Å². The summed E-state index contributed by atoms with van der Waals surface area (Å²) in [7, 11) is 0. The average Bonchev–Trinajstić information content (AvgIpc) is 2.42. The van der Waals surface area contributed by atoms with Gasteiger partial charge in [0.2, 0.25) is 0 Å². The molecular weight excluding hydrogens is 268 g/mol. The number of hydrogen-bond acceptors (Lipinski definition) is 2. The molecule has 0 aromatic heterocycles. The molecule has 0 amide bonds. The van der Waals surface area contributed by atoms with Crippen molar-refractivity contribution in [3.8, 4) is 0 Å². The Bertz CT molecular complexity index is 395. The van der Waals surface area contributed by atoms with Gasteiger partial charge >= 0.3 is 0 Å². The maximum atomic E-state index is 5.47. The smallest absolute Gasteiger partial charge is 0.0484 e. The molecule has 0 bridgehead atoms. The Morgan fingerprint density at radius 1 is 1.32 bits per heavy atom. The summed E-state index contributed by atoms with van der Waals surface area (Å²) in [6.45, 7) is 8.44. The van der Waals surface area contributed by atoms with Crippen molar-refractivity contribution >= 4 is 28.2 Å². The predicted molar refractivity (Wildman–Crippen MR) is 93.1 cm³/mol. The summed E-state index contributed by atoms with van der Waals surface area (Å²) in [6, 6.07) is 10.6. The lowest BCUT2D eigenvalue weighted by Gasteiger charge is -2.17. The molecule has 1 rings (SSSR count). The van der Waals surface area contributed by atoms with Gasteiger partial charge in [-0.3, -0.25) is 0 Å². The molecule has 1 unspecified atom stereocenters. The van der Waals surface area contributed by atoms with E-state index in [1.807, 2.05) is 11.8 Å². The minimum absolute atomic E-state index is 0.463. The topological polar surface area (TPSA) is 0 Å². The number of aryl methyl sites for hydroxylation is 1. The second-order valence-electron chi connectivity index (χ2n) is 4.95. The minimum Gasteiger partial charge on any atom is -0.111 e. The molecule has 0 aliphatic rings. The van der Waals surface area contributed by atoms with Crippen molar-refractivity contribution in [2.45, 2.75) is 51.2 Å². The number of benzene rings is 1. The average molecular weight is 293 g/mol. The first-order chi connectivity index (χ1) is 9.13. The zero-order valence-corrected chi connectivity index (χ0v) is 13.7. The van der Waals surface area contributed by atoms with Gasteiger partial charge in [0.05, 0.1) is 0 Å². The van der Waals surface area contributed by atoms with Gasteiger partial charge in [-0.2, -0.15) is 0 Å². The van der Waals surface area contributed by atoms with Crippen molar-refractivity contribution in [1.29, 1.82) is 0 Å². The summed E-state index contributed by atoms with van der Waals surface area (Å²) in [6.07, 6.45) is 5.69. The maximum absolute atomic E-state index is 5.47. The van der Waals surface area contributed by atoms with Gasteiger partial charge in [-0.25, -0.2) is 0 Å². The van der Waals surface area contributed by atoms with E-state index in [2.05, 4.69) is 50.8 Å². The van der Waals surface area contributed by atoms with Crippen LogP contribution < -0.4 is 0 Å². The van der Waals surface area contributed by atoms with E-state index in [1.54, 1.807) is 0 Å².